The largest absolute Gasteiger partial charge is 0.385 e. The Morgan fingerprint density at radius 2 is 2.20 bits per heavy atom. The van der Waals surface area contributed by atoms with Gasteiger partial charge < -0.3 is 10.1 Å². The third-order valence-corrected chi connectivity index (χ3v) is 4.04. The summed E-state index contributed by atoms with van der Waals surface area (Å²) < 4.78 is 28.1. The highest BCUT2D eigenvalue weighted by molar-refractivity contribution is 7.92. The zero-order valence-corrected chi connectivity index (χ0v) is 11.9. The van der Waals surface area contributed by atoms with Crippen LogP contribution in [0.4, 0.5) is 5.69 Å². The summed E-state index contributed by atoms with van der Waals surface area (Å²) in [5.74, 6) is -1.28. The van der Waals surface area contributed by atoms with Gasteiger partial charge in [-0.05, 0) is 24.6 Å². The van der Waals surface area contributed by atoms with Crippen LogP contribution in [0.25, 0.3) is 0 Å². The molecule has 0 aliphatic heterocycles. The van der Waals surface area contributed by atoms with Gasteiger partial charge >= 0.3 is 0 Å². The Morgan fingerprint density at radius 3 is 2.85 bits per heavy atom. The second kappa shape index (κ2) is 7.62. The number of hydrogen-bond acceptors (Lipinski definition) is 5. The third kappa shape index (κ3) is 5.82. The Morgan fingerprint density at radius 1 is 1.45 bits per heavy atom. The van der Waals surface area contributed by atoms with Crippen LogP contribution in [0.3, 0.4) is 0 Å². The van der Waals surface area contributed by atoms with Crippen LogP contribution in [0.5, 0.6) is 0 Å². The van der Waals surface area contributed by atoms with Crippen LogP contribution in [-0.4, -0.2) is 39.5 Å². The van der Waals surface area contributed by atoms with E-state index in [1.807, 2.05) is 6.07 Å². The number of sulfone groups is 1. The van der Waals surface area contributed by atoms with Gasteiger partial charge in [-0.25, -0.2) is 8.42 Å². The highest BCUT2D eigenvalue weighted by Gasteiger charge is 2.16. The molecule has 0 aliphatic rings. The number of carbonyl (C=O) groups excluding carboxylic acids is 1. The van der Waals surface area contributed by atoms with Gasteiger partial charge in [-0.1, -0.05) is 6.07 Å². The van der Waals surface area contributed by atoms with E-state index >= 15 is 0 Å². The molecule has 1 amide bonds. The summed E-state index contributed by atoms with van der Waals surface area (Å²) >= 11 is 0. The van der Waals surface area contributed by atoms with Gasteiger partial charge in [0.1, 0.15) is 5.75 Å². The maximum Gasteiger partial charge on any atom is 0.239 e. The minimum Gasteiger partial charge on any atom is -0.385 e. The lowest BCUT2D eigenvalue weighted by atomic mass is 10.2. The molecule has 1 rings (SSSR count). The van der Waals surface area contributed by atoms with E-state index in [0.29, 0.717) is 24.3 Å². The third-order valence-electron chi connectivity index (χ3n) is 2.43. The summed E-state index contributed by atoms with van der Waals surface area (Å²) in [4.78, 5) is 11.7. The normalized spacial score (nSPS) is 10.8. The van der Waals surface area contributed by atoms with Crippen LogP contribution >= 0.6 is 0 Å². The molecule has 0 aliphatic carbocycles. The van der Waals surface area contributed by atoms with Crippen molar-refractivity contribution in [1.82, 2.24) is 0 Å². The van der Waals surface area contributed by atoms with Gasteiger partial charge in [0.2, 0.25) is 5.91 Å². The quantitative estimate of drug-likeness (QED) is 0.756. The monoisotopic (exact) mass is 296 g/mol. The average molecular weight is 296 g/mol. The number of benzene rings is 1. The van der Waals surface area contributed by atoms with E-state index in [4.69, 9.17) is 10.00 Å². The number of rotatable bonds is 7. The van der Waals surface area contributed by atoms with Gasteiger partial charge in [0, 0.05) is 19.4 Å². The molecule has 0 unspecified atom stereocenters. The molecule has 0 fully saturated rings. The molecule has 20 heavy (non-hydrogen) atoms. The summed E-state index contributed by atoms with van der Waals surface area (Å²) in [5, 5.41) is 11.2. The molecule has 108 valence electrons. The number of carbonyl (C=O) groups is 1. The van der Waals surface area contributed by atoms with Crippen LogP contribution in [0.15, 0.2) is 24.3 Å². The van der Waals surface area contributed by atoms with Gasteiger partial charge in [0.25, 0.3) is 0 Å². The number of amides is 1. The summed E-state index contributed by atoms with van der Waals surface area (Å²) in [7, 11) is -1.96. The first-order chi connectivity index (χ1) is 9.46. The number of anilines is 1. The van der Waals surface area contributed by atoms with E-state index in [1.54, 1.807) is 18.2 Å². The Balaban J connectivity index is 2.57. The standard InChI is InChI=1S/C13H16N2O4S/c1-19-6-3-7-20(17,18)10-13(16)15-12-5-2-4-11(8-12)9-14/h2,4-5,8H,3,6-7,10H2,1H3,(H,15,16). The van der Waals surface area contributed by atoms with E-state index in [9.17, 15) is 13.2 Å². The Hall–Kier alpha value is -1.91. The molecule has 0 atom stereocenters. The first-order valence-electron chi connectivity index (χ1n) is 5.96. The van der Waals surface area contributed by atoms with Crippen molar-refractivity contribution >= 4 is 21.4 Å². The van der Waals surface area contributed by atoms with Gasteiger partial charge in [-0.15, -0.1) is 0 Å². The number of ether oxygens (including phenoxy) is 1. The second-order valence-corrected chi connectivity index (χ2v) is 6.36. The molecule has 0 aromatic heterocycles. The fourth-order valence-electron chi connectivity index (χ4n) is 1.56. The van der Waals surface area contributed by atoms with Gasteiger partial charge in [0.15, 0.2) is 9.84 Å². The fraction of sp³-hybridized carbons (Fsp3) is 0.385. The van der Waals surface area contributed by atoms with Crippen molar-refractivity contribution in [3.63, 3.8) is 0 Å². The summed E-state index contributed by atoms with van der Waals surface area (Å²) in [5.41, 5.74) is 0.798. The molecule has 0 saturated heterocycles. The highest BCUT2D eigenvalue weighted by Crippen LogP contribution is 2.10. The van der Waals surface area contributed by atoms with Crippen LogP contribution in [-0.2, 0) is 19.4 Å². The summed E-state index contributed by atoms with van der Waals surface area (Å²) in [6.07, 6.45) is 0.357. The molecular formula is C13H16N2O4S. The molecule has 0 heterocycles. The number of methoxy groups -OCH3 is 1. The summed E-state index contributed by atoms with van der Waals surface area (Å²) in [6, 6.07) is 8.22. The lowest BCUT2D eigenvalue weighted by molar-refractivity contribution is -0.113. The van der Waals surface area contributed by atoms with Crippen LogP contribution in [0, 0.1) is 11.3 Å². The first-order valence-corrected chi connectivity index (χ1v) is 7.78. The van der Waals surface area contributed by atoms with Crippen molar-refractivity contribution in [3.05, 3.63) is 29.8 Å². The molecular weight excluding hydrogens is 280 g/mol. The SMILES string of the molecule is COCCCS(=O)(=O)CC(=O)Nc1cccc(C#N)c1. The van der Waals surface area contributed by atoms with E-state index in [1.165, 1.54) is 13.2 Å². The molecule has 1 aromatic rings. The van der Waals surface area contributed by atoms with Crippen molar-refractivity contribution < 1.29 is 17.9 Å². The van der Waals surface area contributed by atoms with Crippen LogP contribution in [0.2, 0.25) is 0 Å². The average Bonchev–Trinajstić information content (AvgIpc) is 2.38. The molecule has 0 saturated carbocycles. The van der Waals surface area contributed by atoms with Crippen molar-refractivity contribution in [2.24, 2.45) is 0 Å². The lowest BCUT2D eigenvalue weighted by Gasteiger charge is -2.06. The molecule has 0 radical (unpaired) electrons. The van der Waals surface area contributed by atoms with E-state index in [0.717, 1.165) is 0 Å². The maximum atomic E-state index is 11.7. The minimum absolute atomic E-state index is 0.0908. The first kappa shape index (κ1) is 16.1. The van der Waals surface area contributed by atoms with Gasteiger partial charge in [-0.3, -0.25) is 4.79 Å². The van der Waals surface area contributed by atoms with Crippen LogP contribution < -0.4 is 5.32 Å². The van der Waals surface area contributed by atoms with E-state index in [2.05, 4.69) is 5.32 Å². The Kier molecular flexibility index (Phi) is 6.15. The van der Waals surface area contributed by atoms with Crippen LogP contribution in [0.1, 0.15) is 12.0 Å². The number of hydrogen-bond donors (Lipinski definition) is 1. The van der Waals surface area contributed by atoms with E-state index < -0.39 is 21.5 Å². The van der Waals surface area contributed by atoms with Crippen molar-refractivity contribution in [1.29, 1.82) is 5.26 Å². The zero-order chi connectivity index (χ0) is 15.0. The topological polar surface area (TPSA) is 96.3 Å². The summed E-state index contributed by atoms with van der Waals surface area (Å²) in [6.45, 7) is 0.338. The van der Waals surface area contributed by atoms with Crippen molar-refractivity contribution in [2.75, 3.05) is 30.5 Å². The molecule has 1 N–H and O–H groups in total. The maximum absolute atomic E-state index is 11.7. The highest BCUT2D eigenvalue weighted by atomic mass is 32.2. The van der Waals surface area contributed by atoms with E-state index in [-0.39, 0.29) is 5.75 Å². The van der Waals surface area contributed by atoms with Crippen molar-refractivity contribution in [2.45, 2.75) is 6.42 Å². The second-order valence-electron chi connectivity index (χ2n) is 4.18. The van der Waals surface area contributed by atoms with Gasteiger partial charge in [-0.2, -0.15) is 5.26 Å². The molecule has 6 nitrogen and oxygen atoms in total. The smallest absolute Gasteiger partial charge is 0.239 e. The zero-order valence-electron chi connectivity index (χ0n) is 11.1. The fourth-order valence-corrected chi connectivity index (χ4v) is 2.73. The number of nitriles is 1. The Bertz CT molecular complexity index is 605. The van der Waals surface area contributed by atoms with Crippen molar-refractivity contribution in [3.8, 4) is 6.07 Å². The predicted octanol–water partition coefficient (Wildman–Crippen LogP) is 0.948. The van der Waals surface area contributed by atoms with Gasteiger partial charge in [0.05, 0.1) is 17.4 Å². The minimum atomic E-state index is -3.45. The number of nitrogens with one attached hydrogen (secondary N) is 1. The lowest BCUT2D eigenvalue weighted by Crippen LogP contribution is -2.25. The number of nitrogens with zero attached hydrogens (tertiary/aromatic N) is 1. The molecule has 7 heteroatoms. The molecule has 0 bridgehead atoms. The Labute approximate surface area is 118 Å². The molecule has 1 aromatic carbocycles. The molecule has 0 spiro atoms. The predicted molar refractivity (Wildman–Crippen MR) is 74.9 cm³/mol.